The third-order valence-corrected chi connectivity index (χ3v) is 8.00. The van der Waals surface area contributed by atoms with Crippen molar-refractivity contribution in [2.24, 2.45) is 0 Å². The molecule has 0 unspecified atom stereocenters. The van der Waals surface area contributed by atoms with Crippen molar-refractivity contribution >= 4 is 40.6 Å². The summed E-state index contributed by atoms with van der Waals surface area (Å²) in [5.41, 5.74) is 2.70. The molecule has 0 radical (unpaired) electrons. The Morgan fingerprint density at radius 3 is 2.33 bits per heavy atom. The van der Waals surface area contributed by atoms with Crippen molar-refractivity contribution in [2.45, 2.75) is 37.9 Å². The first-order valence-corrected chi connectivity index (χ1v) is 13.4. The third kappa shape index (κ3) is 5.01. The van der Waals surface area contributed by atoms with Crippen LogP contribution in [0, 0.1) is 11.3 Å². The van der Waals surface area contributed by atoms with Crippen LogP contribution in [0.25, 0.3) is 5.57 Å². The maximum atomic E-state index is 14.1. The second-order valence-electron chi connectivity index (χ2n) is 9.99. The number of rotatable bonds is 7. The lowest BCUT2D eigenvalue weighted by Gasteiger charge is -2.34. The van der Waals surface area contributed by atoms with Gasteiger partial charge in [0.1, 0.15) is 11.3 Å². The number of benzene rings is 3. The smallest absolute Gasteiger partial charge is 0.258 e. The minimum atomic E-state index is -0.834. The van der Waals surface area contributed by atoms with Gasteiger partial charge in [0, 0.05) is 42.9 Å². The summed E-state index contributed by atoms with van der Waals surface area (Å²) in [4.78, 5) is 30.7. The van der Waals surface area contributed by atoms with E-state index in [1.165, 1.54) is 0 Å². The van der Waals surface area contributed by atoms with Gasteiger partial charge in [-0.25, -0.2) is 0 Å². The summed E-state index contributed by atoms with van der Waals surface area (Å²) in [5.74, 6) is 0.279. The number of amides is 2. The largest absolute Gasteiger partial charge is 0.498 e. The summed E-state index contributed by atoms with van der Waals surface area (Å²) in [6.45, 7) is 2.36. The van der Waals surface area contributed by atoms with Crippen LogP contribution >= 0.6 is 23.2 Å². The molecule has 8 heteroatoms. The molecule has 1 saturated heterocycles. The molecule has 0 aliphatic carbocycles. The highest BCUT2D eigenvalue weighted by Crippen LogP contribution is 2.50. The molecule has 2 atom stereocenters. The molecule has 5 rings (SSSR count). The van der Waals surface area contributed by atoms with E-state index in [-0.39, 0.29) is 17.9 Å². The molecule has 0 aromatic heterocycles. The van der Waals surface area contributed by atoms with E-state index in [9.17, 15) is 14.9 Å². The van der Waals surface area contributed by atoms with Crippen LogP contribution in [0.5, 0.6) is 0 Å². The molecule has 0 saturated carbocycles. The SMILES string of the molecule is COC1=C(c2cc(Cl)cc(Cl)c2)C(=O)N2C[C@@H](N(Cc3ccccc3)C(C)=O)C[C@@]12Cc1ccc(C#N)cc1. The van der Waals surface area contributed by atoms with E-state index in [1.807, 2.05) is 52.3 Å². The minimum absolute atomic E-state index is 0.0595. The summed E-state index contributed by atoms with van der Waals surface area (Å²) in [7, 11) is 1.57. The van der Waals surface area contributed by atoms with E-state index < -0.39 is 5.54 Å². The van der Waals surface area contributed by atoms with Crippen molar-refractivity contribution in [3.8, 4) is 6.07 Å². The molecule has 2 aliphatic rings. The Balaban J connectivity index is 1.61. The van der Waals surface area contributed by atoms with Crippen LogP contribution in [-0.4, -0.2) is 46.8 Å². The Bertz CT molecular complexity index is 1480. The van der Waals surface area contributed by atoms with E-state index >= 15 is 0 Å². The molecule has 3 aromatic carbocycles. The number of fused-ring (bicyclic) bond motifs is 1. The summed E-state index contributed by atoms with van der Waals surface area (Å²) >= 11 is 12.6. The number of methoxy groups -OCH3 is 1. The van der Waals surface area contributed by atoms with E-state index in [1.54, 1.807) is 44.4 Å². The molecule has 6 nitrogen and oxygen atoms in total. The van der Waals surface area contributed by atoms with Crippen molar-refractivity contribution < 1.29 is 14.3 Å². The van der Waals surface area contributed by atoms with Gasteiger partial charge in [-0.1, -0.05) is 65.7 Å². The first-order valence-electron chi connectivity index (χ1n) is 12.6. The van der Waals surface area contributed by atoms with Gasteiger partial charge in [-0.15, -0.1) is 0 Å². The van der Waals surface area contributed by atoms with Crippen LogP contribution < -0.4 is 0 Å². The second-order valence-corrected chi connectivity index (χ2v) is 10.9. The Morgan fingerprint density at radius 1 is 1.08 bits per heavy atom. The number of hydrogen-bond acceptors (Lipinski definition) is 4. The van der Waals surface area contributed by atoms with Gasteiger partial charge in [-0.2, -0.15) is 5.26 Å². The fourth-order valence-corrected chi connectivity index (χ4v) is 6.45. The average molecular weight is 560 g/mol. The lowest BCUT2D eigenvalue weighted by molar-refractivity contribution is -0.132. The van der Waals surface area contributed by atoms with E-state index in [4.69, 9.17) is 27.9 Å². The van der Waals surface area contributed by atoms with Crippen molar-refractivity contribution in [2.75, 3.05) is 13.7 Å². The normalized spacial score (nSPS) is 20.1. The van der Waals surface area contributed by atoms with Crippen LogP contribution in [0.15, 0.2) is 78.6 Å². The van der Waals surface area contributed by atoms with Gasteiger partial charge in [-0.05, 0) is 47.0 Å². The second kappa shape index (κ2) is 10.8. The van der Waals surface area contributed by atoms with E-state index in [0.717, 1.165) is 11.1 Å². The highest BCUT2D eigenvalue weighted by Gasteiger charge is 2.59. The Hall–Kier alpha value is -3.79. The Morgan fingerprint density at radius 2 is 1.74 bits per heavy atom. The summed E-state index contributed by atoms with van der Waals surface area (Å²) in [5, 5.41) is 10.1. The molecule has 39 heavy (non-hydrogen) atoms. The highest BCUT2D eigenvalue weighted by molar-refractivity contribution is 6.35. The highest BCUT2D eigenvalue weighted by atomic mass is 35.5. The molecule has 2 heterocycles. The number of carbonyl (C=O) groups excluding carboxylic acids is 2. The fourth-order valence-electron chi connectivity index (χ4n) is 5.92. The van der Waals surface area contributed by atoms with Crippen LogP contribution in [0.2, 0.25) is 10.0 Å². The van der Waals surface area contributed by atoms with E-state index in [2.05, 4.69) is 6.07 Å². The number of halogens is 2. The van der Waals surface area contributed by atoms with Gasteiger partial charge in [0.2, 0.25) is 5.91 Å². The summed E-state index contributed by atoms with van der Waals surface area (Å²) in [6.07, 6.45) is 0.950. The molecular formula is C31H27Cl2N3O3. The van der Waals surface area contributed by atoms with Gasteiger partial charge >= 0.3 is 0 Å². The quantitative estimate of drug-likeness (QED) is 0.363. The molecule has 0 bridgehead atoms. The van der Waals surface area contributed by atoms with Crippen molar-refractivity contribution in [3.05, 3.63) is 111 Å². The molecule has 1 fully saturated rings. The topological polar surface area (TPSA) is 73.6 Å². The maximum absolute atomic E-state index is 14.1. The molecule has 0 N–H and O–H groups in total. The Labute approximate surface area is 238 Å². The van der Waals surface area contributed by atoms with Crippen LogP contribution in [0.4, 0.5) is 0 Å². The summed E-state index contributed by atoms with van der Waals surface area (Å²) < 4.78 is 6.04. The number of hydrogen-bond donors (Lipinski definition) is 0. The standard InChI is InChI=1S/C31H27Cl2N3O3/c1-20(37)35(18-23-6-4-3-5-7-23)27-16-31(15-21-8-10-22(17-34)11-9-21)29(39-2)28(30(38)36(31)19-27)24-12-25(32)14-26(33)13-24/h3-14,27H,15-16,18-19H2,1-2H3/t27-,31-/m0/s1. The predicted octanol–water partition coefficient (Wildman–Crippen LogP) is 5.87. The van der Waals surface area contributed by atoms with Crippen LogP contribution in [0.1, 0.15) is 35.6 Å². The van der Waals surface area contributed by atoms with Gasteiger partial charge in [0.15, 0.2) is 0 Å². The Kier molecular flexibility index (Phi) is 7.40. The molecule has 3 aromatic rings. The third-order valence-electron chi connectivity index (χ3n) is 7.57. The summed E-state index contributed by atoms with van der Waals surface area (Å²) in [6, 6.07) is 24.1. The molecular weight excluding hydrogens is 533 g/mol. The van der Waals surface area contributed by atoms with Crippen molar-refractivity contribution in [3.63, 3.8) is 0 Å². The minimum Gasteiger partial charge on any atom is -0.498 e. The molecule has 198 valence electrons. The first-order chi connectivity index (χ1) is 18.8. The van der Waals surface area contributed by atoms with Gasteiger partial charge < -0.3 is 14.5 Å². The van der Waals surface area contributed by atoms with Crippen LogP contribution in [0.3, 0.4) is 0 Å². The lowest BCUT2D eigenvalue weighted by atomic mass is 9.84. The lowest BCUT2D eigenvalue weighted by Crippen LogP contribution is -2.45. The first kappa shape index (κ1) is 26.8. The predicted molar refractivity (Wildman–Crippen MR) is 151 cm³/mol. The van der Waals surface area contributed by atoms with Crippen molar-refractivity contribution in [1.82, 2.24) is 9.80 Å². The molecule has 0 spiro atoms. The molecule has 2 aliphatic heterocycles. The van der Waals surface area contributed by atoms with Crippen molar-refractivity contribution in [1.29, 1.82) is 5.26 Å². The van der Waals surface area contributed by atoms with Gasteiger partial charge in [0.05, 0.1) is 30.4 Å². The number of ether oxygens (including phenoxy) is 1. The monoisotopic (exact) mass is 559 g/mol. The van der Waals surface area contributed by atoms with Crippen LogP contribution in [-0.2, 0) is 27.3 Å². The van der Waals surface area contributed by atoms with Gasteiger partial charge in [0.25, 0.3) is 5.91 Å². The fraction of sp³-hybridized carbons (Fsp3) is 0.258. The number of nitrogens with zero attached hydrogens (tertiary/aromatic N) is 3. The number of nitriles is 1. The zero-order chi connectivity index (χ0) is 27.7. The van der Waals surface area contributed by atoms with E-state index in [0.29, 0.717) is 58.4 Å². The number of carbonyl (C=O) groups is 2. The molecule has 2 amide bonds. The van der Waals surface area contributed by atoms with Gasteiger partial charge in [-0.3, -0.25) is 9.59 Å². The zero-order valence-corrected chi connectivity index (χ0v) is 23.2. The average Bonchev–Trinajstić information content (AvgIpc) is 3.39. The zero-order valence-electron chi connectivity index (χ0n) is 21.7. The maximum Gasteiger partial charge on any atom is 0.258 e.